The van der Waals surface area contributed by atoms with Crippen LogP contribution in [-0.4, -0.2) is 62.8 Å². The fourth-order valence-corrected chi connectivity index (χ4v) is 8.77. The monoisotopic (exact) mass is 843 g/mol. The van der Waals surface area contributed by atoms with Crippen LogP contribution in [0.4, 0.5) is 32.8 Å². The molecule has 310 valence electrons. The lowest BCUT2D eigenvalue weighted by atomic mass is 9.69. The Hall–Kier alpha value is -5.50. The van der Waals surface area contributed by atoms with Crippen molar-refractivity contribution in [2.24, 2.45) is 5.92 Å². The van der Waals surface area contributed by atoms with E-state index < -0.39 is 11.9 Å². The van der Waals surface area contributed by atoms with Crippen molar-refractivity contribution < 1.29 is 28.4 Å². The number of halogens is 3. The lowest BCUT2D eigenvalue weighted by molar-refractivity contribution is -0.134. The quantitative estimate of drug-likeness (QED) is 0.0728. The van der Waals surface area contributed by atoms with Crippen LogP contribution in [0.3, 0.4) is 0 Å². The maximum absolute atomic E-state index is 14.8. The van der Waals surface area contributed by atoms with Gasteiger partial charge < -0.3 is 31.1 Å². The summed E-state index contributed by atoms with van der Waals surface area (Å²) in [7, 11) is 3.42. The molecule has 1 saturated carbocycles. The van der Waals surface area contributed by atoms with Crippen LogP contribution in [0.25, 0.3) is 0 Å². The first-order valence-corrected chi connectivity index (χ1v) is 20.4. The SMILES string of the molecule is CN(C=O)c1cc(NCc2ccc(NC=O)cc2)ccc1N(C)C1CCC(=O)NC1=O.O=C(Nc1cccc(Cl)c1)C1C(c2cccc(Cl)c2F)CNC12CCCCC2. The molecule has 5 amide bonds. The van der Waals surface area contributed by atoms with E-state index in [9.17, 15) is 28.4 Å². The van der Waals surface area contributed by atoms with Gasteiger partial charge in [-0.3, -0.25) is 29.3 Å². The molecule has 0 bridgehead atoms. The van der Waals surface area contributed by atoms with Crippen LogP contribution in [0.5, 0.6) is 0 Å². The van der Waals surface area contributed by atoms with E-state index in [0.29, 0.717) is 60.0 Å². The van der Waals surface area contributed by atoms with Gasteiger partial charge in [0.25, 0.3) is 0 Å². The van der Waals surface area contributed by atoms with Gasteiger partial charge in [-0.15, -0.1) is 0 Å². The van der Waals surface area contributed by atoms with Crippen molar-refractivity contribution in [2.75, 3.05) is 46.4 Å². The van der Waals surface area contributed by atoms with Crippen molar-refractivity contribution in [1.29, 1.82) is 0 Å². The summed E-state index contributed by atoms with van der Waals surface area (Å²) >= 11 is 12.1. The van der Waals surface area contributed by atoms with Crippen molar-refractivity contribution in [3.05, 3.63) is 112 Å². The summed E-state index contributed by atoms with van der Waals surface area (Å²) in [6.07, 6.45) is 7.17. The number of imide groups is 1. The van der Waals surface area contributed by atoms with Crippen LogP contribution in [0.15, 0.2) is 84.9 Å². The molecule has 3 unspecified atom stereocenters. The van der Waals surface area contributed by atoms with E-state index in [1.54, 1.807) is 55.4 Å². The molecule has 3 fully saturated rings. The summed E-state index contributed by atoms with van der Waals surface area (Å²) in [6.45, 7) is 1.11. The van der Waals surface area contributed by atoms with E-state index in [-0.39, 0.29) is 46.5 Å². The van der Waals surface area contributed by atoms with E-state index >= 15 is 0 Å². The van der Waals surface area contributed by atoms with E-state index in [2.05, 4.69) is 26.6 Å². The van der Waals surface area contributed by atoms with Gasteiger partial charge in [-0.2, -0.15) is 0 Å². The second kappa shape index (κ2) is 19.5. The summed E-state index contributed by atoms with van der Waals surface area (Å²) in [4.78, 5) is 62.4. The minimum atomic E-state index is -0.492. The highest BCUT2D eigenvalue weighted by atomic mass is 35.5. The first-order valence-electron chi connectivity index (χ1n) is 19.6. The normalized spacial score (nSPS) is 19.4. The summed E-state index contributed by atoms with van der Waals surface area (Å²) in [5.41, 5.74) is 4.74. The molecule has 4 aromatic rings. The van der Waals surface area contributed by atoms with Gasteiger partial charge in [0.2, 0.25) is 30.5 Å². The maximum atomic E-state index is 14.8. The van der Waals surface area contributed by atoms with E-state index in [0.717, 1.165) is 42.6 Å². The number of rotatable bonds is 12. The molecule has 1 aliphatic carbocycles. The minimum Gasteiger partial charge on any atom is -0.381 e. The van der Waals surface area contributed by atoms with Gasteiger partial charge in [-0.1, -0.05) is 72.8 Å². The molecule has 5 N–H and O–H groups in total. The Balaban J connectivity index is 0.000000199. The maximum Gasteiger partial charge on any atom is 0.249 e. The molecule has 1 spiro atoms. The van der Waals surface area contributed by atoms with Gasteiger partial charge in [-0.25, -0.2) is 4.39 Å². The Bertz CT molecular complexity index is 2170. The van der Waals surface area contributed by atoms with Crippen molar-refractivity contribution >= 4 is 82.2 Å². The van der Waals surface area contributed by atoms with Gasteiger partial charge in [0.1, 0.15) is 11.9 Å². The van der Waals surface area contributed by atoms with Gasteiger partial charge in [0, 0.05) is 67.1 Å². The van der Waals surface area contributed by atoms with Gasteiger partial charge in [0.05, 0.1) is 22.3 Å². The Morgan fingerprint density at radius 3 is 2.32 bits per heavy atom. The molecule has 0 aromatic heterocycles. The minimum absolute atomic E-state index is 0.0936. The number of hydrogen-bond acceptors (Lipinski definition) is 8. The topological polar surface area (TPSA) is 152 Å². The fourth-order valence-electron chi connectivity index (χ4n) is 8.39. The van der Waals surface area contributed by atoms with Crippen LogP contribution in [0.1, 0.15) is 62.0 Å². The molecule has 2 saturated heterocycles. The fraction of sp³-hybridized carbons (Fsp3) is 0.341. The largest absolute Gasteiger partial charge is 0.381 e. The number of nitrogens with one attached hydrogen (secondary N) is 5. The van der Waals surface area contributed by atoms with Gasteiger partial charge in [-0.05, 0) is 85.0 Å². The first kappa shape index (κ1) is 43.1. The van der Waals surface area contributed by atoms with Crippen LogP contribution < -0.4 is 36.4 Å². The summed E-state index contributed by atoms with van der Waals surface area (Å²) < 4.78 is 14.8. The smallest absolute Gasteiger partial charge is 0.249 e. The first-order chi connectivity index (χ1) is 28.4. The van der Waals surface area contributed by atoms with Gasteiger partial charge >= 0.3 is 0 Å². The van der Waals surface area contributed by atoms with Crippen molar-refractivity contribution in [3.8, 4) is 0 Å². The summed E-state index contributed by atoms with van der Waals surface area (Å²) in [6, 6.07) is 24.7. The molecule has 59 heavy (non-hydrogen) atoms. The number of anilines is 5. The molecule has 15 heteroatoms. The standard InChI is InChI=1S/C22H23Cl2FN2O.C22H25N5O4/c23-14-6-4-7-15(12-14)27-21(28)19-17(16-8-5-9-18(24)20(16)25)13-26-22(19)10-2-1-3-11-22;1-26(14-29)20-11-17(23-12-15-3-5-16(6-4-15)24-13-28)7-8-18(20)27(2)19-9-10-21(30)25-22(19)31/h4-9,12,17,19,26H,1-3,10-11,13H2,(H,27,28);3-8,11,13-14,19,23H,9-10,12H2,1-2H3,(H,24,28)(H,25,30,31). The van der Waals surface area contributed by atoms with Crippen LogP contribution in [-0.2, 0) is 30.5 Å². The van der Waals surface area contributed by atoms with Gasteiger partial charge in [0.15, 0.2) is 0 Å². The number of benzene rings is 4. The average molecular weight is 845 g/mol. The molecule has 12 nitrogen and oxygen atoms in total. The third kappa shape index (κ3) is 10.2. The van der Waals surface area contributed by atoms with Crippen LogP contribution in [0.2, 0.25) is 10.0 Å². The number of piperidine rings is 1. The highest BCUT2D eigenvalue weighted by Gasteiger charge is 2.53. The summed E-state index contributed by atoms with van der Waals surface area (Å²) in [5, 5.41) is 15.5. The molecule has 3 atom stereocenters. The van der Waals surface area contributed by atoms with Crippen molar-refractivity contribution in [3.63, 3.8) is 0 Å². The van der Waals surface area contributed by atoms with Crippen LogP contribution >= 0.6 is 23.2 Å². The third-order valence-electron chi connectivity index (χ3n) is 11.4. The molecule has 2 aliphatic heterocycles. The zero-order valence-corrected chi connectivity index (χ0v) is 34.4. The highest BCUT2D eigenvalue weighted by Crippen LogP contribution is 2.47. The zero-order valence-electron chi connectivity index (χ0n) is 32.9. The summed E-state index contributed by atoms with van der Waals surface area (Å²) in [5.74, 6) is -1.78. The molecule has 2 heterocycles. The van der Waals surface area contributed by atoms with Crippen LogP contribution in [0, 0.1) is 11.7 Å². The molecule has 4 aromatic carbocycles. The lowest BCUT2D eigenvalue weighted by Crippen LogP contribution is -2.51. The predicted octanol–water partition coefficient (Wildman–Crippen LogP) is 7.48. The molecular formula is C44H48Cl2FN7O5. The van der Waals surface area contributed by atoms with Crippen molar-refractivity contribution in [1.82, 2.24) is 10.6 Å². The number of amides is 5. The molecule has 0 radical (unpaired) electrons. The number of carbonyl (C=O) groups is 5. The second-order valence-electron chi connectivity index (χ2n) is 15.1. The Kier molecular flexibility index (Phi) is 14.2. The molecular weight excluding hydrogens is 796 g/mol. The number of nitrogens with zero attached hydrogens (tertiary/aromatic N) is 2. The van der Waals surface area contributed by atoms with Crippen molar-refractivity contribution in [2.45, 2.75) is 69.0 Å². The van der Waals surface area contributed by atoms with E-state index in [1.807, 2.05) is 48.5 Å². The Morgan fingerprint density at radius 1 is 0.898 bits per heavy atom. The molecule has 3 aliphatic rings. The number of hydrogen-bond donors (Lipinski definition) is 5. The third-order valence-corrected chi connectivity index (χ3v) is 11.9. The Labute approximate surface area is 353 Å². The van der Waals surface area contributed by atoms with E-state index in [4.69, 9.17) is 23.2 Å². The number of likely N-dealkylation sites (N-methyl/N-ethyl adjacent to an activating group) is 1. The zero-order chi connectivity index (χ0) is 42.1. The highest BCUT2D eigenvalue weighted by molar-refractivity contribution is 6.31. The molecule has 7 rings (SSSR count). The number of carbonyl (C=O) groups excluding carboxylic acids is 5. The average Bonchev–Trinajstić information content (AvgIpc) is 3.59. The predicted molar refractivity (Wildman–Crippen MR) is 230 cm³/mol. The second-order valence-corrected chi connectivity index (χ2v) is 16.0. The Morgan fingerprint density at radius 2 is 1.63 bits per heavy atom. The lowest BCUT2D eigenvalue weighted by Gasteiger charge is -2.39. The van der Waals surface area contributed by atoms with E-state index in [1.165, 1.54) is 11.3 Å².